The van der Waals surface area contributed by atoms with Crippen LogP contribution in [0.2, 0.25) is 0 Å². The monoisotopic (exact) mass is 813 g/mol. The second-order valence-electron chi connectivity index (χ2n) is 11.8. The fraction of sp³-hybridized carbons (Fsp3) is 0.0286. The highest BCUT2D eigenvalue weighted by Gasteiger charge is 2.37. The quantitative estimate of drug-likeness (QED) is 0.0276. The van der Waals surface area contributed by atoms with Crippen LogP contribution in [0.4, 0.5) is 45.5 Å². The number of hydrogen-bond acceptors (Lipinski definition) is 16. The largest absolute Gasteiger partial charge is 0.399 e. The first-order chi connectivity index (χ1) is 26.5. The average Bonchev–Trinajstić information content (AvgIpc) is 3.14. The Labute approximate surface area is 322 Å². The van der Waals surface area contributed by atoms with Crippen molar-refractivity contribution in [2.24, 2.45) is 25.6 Å². The summed E-state index contributed by atoms with van der Waals surface area (Å²) in [5.74, 6) is -1.15. The molecule has 0 saturated carbocycles. The summed E-state index contributed by atoms with van der Waals surface area (Å²) in [4.78, 5) is 23.9. The minimum absolute atomic E-state index is 0.0198. The number of anilines is 3. The van der Waals surface area contributed by atoms with Crippen LogP contribution in [0.5, 0.6) is 0 Å². The predicted octanol–water partition coefficient (Wildman–Crippen LogP) is 8.19. The second-order valence-corrected chi connectivity index (χ2v) is 15.7. The first kappa shape index (κ1) is 39.1. The number of azo groups is 2. The zero-order chi connectivity index (χ0) is 40.4. The van der Waals surface area contributed by atoms with Crippen molar-refractivity contribution in [2.45, 2.75) is 21.6 Å². The Hall–Kier alpha value is -6.65. The summed E-state index contributed by atoms with van der Waals surface area (Å²) < 4.78 is 69.5. The van der Waals surface area contributed by atoms with Gasteiger partial charge in [0.15, 0.2) is 5.71 Å². The van der Waals surface area contributed by atoms with Gasteiger partial charge in [0.05, 0.1) is 38.9 Å². The van der Waals surface area contributed by atoms with Gasteiger partial charge in [-0.15, -0.1) is 5.11 Å². The van der Waals surface area contributed by atoms with E-state index in [1.165, 1.54) is 23.9 Å². The van der Waals surface area contributed by atoms with Gasteiger partial charge in [0, 0.05) is 27.6 Å². The number of aryl methyl sites for hydroxylation is 1. The van der Waals surface area contributed by atoms with Gasteiger partial charge in [-0.2, -0.15) is 37.3 Å². The minimum atomic E-state index is -5.14. The van der Waals surface area contributed by atoms with Crippen molar-refractivity contribution in [3.8, 4) is 0 Å². The van der Waals surface area contributed by atoms with Crippen LogP contribution in [0.15, 0.2) is 142 Å². The highest BCUT2D eigenvalue weighted by molar-refractivity contribution is 7.99. The molecule has 0 unspecified atom stereocenters. The van der Waals surface area contributed by atoms with Crippen molar-refractivity contribution in [2.75, 3.05) is 16.9 Å². The lowest BCUT2D eigenvalue weighted by atomic mass is 9.92. The average molecular weight is 814 g/mol. The van der Waals surface area contributed by atoms with Gasteiger partial charge < -0.3 is 11.5 Å². The third-order valence-electron chi connectivity index (χ3n) is 7.89. The van der Waals surface area contributed by atoms with E-state index >= 15 is 0 Å². The lowest BCUT2D eigenvalue weighted by Crippen LogP contribution is -2.28. The number of hydrogen-bond donors (Lipinski definition) is 5. The van der Waals surface area contributed by atoms with Crippen molar-refractivity contribution in [1.29, 1.82) is 0 Å². The van der Waals surface area contributed by atoms with Gasteiger partial charge >= 0.3 is 0 Å². The maximum absolute atomic E-state index is 13.8. The molecule has 0 spiro atoms. The Morgan fingerprint density at radius 3 is 1.93 bits per heavy atom. The van der Waals surface area contributed by atoms with Gasteiger partial charge in [-0.25, -0.2) is 0 Å². The van der Waals surface area contributed by atoms with Crippen LogP contribution in [0.25, 0.3) is 6.08 Å². The van der Waals surface area contributed by atoms with Crippen molar-refractivity contribution in [3.05, 3.63) is 129 Å². The number of carbonyl (C=O) groups excluding carboxylic acids is 1. The molecule has 0 amide bonds. The zero-order valence-corrected chi connectivity index (χ0v) is 31.1. The molecule has 0 aromatic heterocycles. The summed E-state index contributed by atoms with van der Waals surface area (Å²) in [6, 6.07) is 24.8. The molecule has 1 aliphatic carbocycles. The Kier molecular flexibility index (Phi) is 10.9. The van der Waals surface area contributed by atoms with Gasteiger partial charge in [-0.1, -0.05) is 11.8 Å². The molecule has 1 aliphatic rings. The van der Waals surface area contributed by atoms with Gasteiger partial charge in [0.2, 0.25) is 5.78 Å². The number of benzene rings is 5. The fourth-order valence-corrected chi connectivity index (χ4v) is 7.33. The summed E-state index contributed by atoms with van der Waals surface area (Å²) in [5, 5.41) is 31.1. The third kappa shape index (κ3) is 8.83. The van der Waals surface area contributed by atoms with E-state index in [-0.39, 0.29) is 11.4 Å². The number of hydrazone groups is 1. The number of fused-ring (bicyclic) bond motifs is 1. The lowest BCUT2D eigenvalue weighted by Gasteiger charge is -2.20. The summed E-state index contributed by atoms with van der Waals surface area (Å²) in [7, 11) is -10.3. The molecule has 56 heavy (non-hydrogen) atoms. The van der Waals surface area contributed by atoms with Gasteiger partial charge in [-0.05, 0) is 109 Å². The van der Waals surface area contributed by atoms with Crippen molar-refractivity contribution in [3.63, 3.8) is 0 Å². The van der Waals surface area contributed by atoms with E-state index < -0.39 is 69.0 Å². The third-order valence-corrected chi connectivity index (χ3v) is 10.6. The summed E-state index contributed by atoms with van der Waals surface area (Å²) in [6.07, 6.45) is 0.764. The summed E-state index contributed by atoms with van der Waals surface area (Å²) in [6.45, 7) is 1.89. The Morgan fingerprint density at radius 1 is 0.768 bits per heavy atom. The van der Waals surface area contributed by atoms with Crippen LogP contribution >= 0.6 is 11.8 Å². The molecule has 284 valence electrons. The molecule has 0 heterocycles. The van der Waals surface area contributed by atoms with Crippen LogP contribution in [0.1, 0.15) is 21.5 Å². The highest BCUT2D eigenvalue weighted by atomic mass is 32.2. The van der Waals surface area contributed by atoms with Gasteiger partial charge in [0.1, 0.15) is 15.5 Å². The first-order valence-electron chi connectivity index (χ1n) is 15.8. The van der Waals surface area contributed by atoms with Crippen molar-refractivity contribution < 1.29 is 35.7 Å². The van der Waals surface area contributed by atoms with Crippen LogP contribution in [-0.4, -0.2) is 42.4 Å². The molecule has 0 saturated heterocycles. The summed E-state index contributed by atoms with van der Waals surface area (Å²) in [5.41, 5.74) is 14.6. The molecule has 0 fully saturated rings. The van der Waals surface area contributed by atoms with Crippen LogP contribution < -0.4 is 16.9 Å². The maximum Gasteiger partial charge on any atom is 0.296 e. The number of Topliss-reactive ketones (excluding diaryl/α,β-unsaturated/α-hetero) is 1. The first-order valence-corrected chi connectivity index (χ1v) is 19.5. The summed E-state index contributed by atoms with van der Waals surface area (Å²) >= 11 is 1.43. The Morgan fingerprint density at radius 2 is 1.36 bits per heavy atom. The minimum Gasteiger partial charge on any atom is -0.399 e. The number of rotatable bonds is 11. The van der Waals surface area contributed by atoms with E-state index in [2.05, 4.69) is 31.0 Å². The zero-order valence-electron chi connectivity index (χ0n) is 28.6. The van der Waals surface area contributed by atoms with E-state index in [9.17, 15) is 40.8 Å². The smallest absolute Gasteiger partial charge is 0.296 e. The molecule has 0 bridgehead atoms. The fourth-order valence-electron chi connectivity index (χ4n) is 5.18. The van der Waals surface area contributed by atoms with Crippen molar-refractivity contribution >= 4 is 95.1 Å². The van der Waals surface area contributed by atoms with Crippen molar-refractivity contribution in [1.82, 2.24) is 0 Å². The molecule has 0 atom stereocenters. The normalized spacial score (nSPS) is 13.9. The van der Waals surface area contributed by atoms with Gasteiger partial charge in [0.25, 0.3) is 25.9 Å². The Bertz CT molecular complexity index is 2750. The molecular weight excluding hydrogens is 787 g/mol. The predicted molar refractivity (Wildman–Crippen MR) is 210 cm³/mol. The maximum atomic E-state index is 13.8. The molecule has 5 aromatic carbocycles. The molecule has 6 rings (SSSR count). The SMILES string of the molecule is Cc1cc(N)ccc1N=Nc1ccc(Sc2ccc(NN=C3C(=O)c4c(cc(S(=O)(=O)O)c(N=Nc5ccc([N+](=O)[O-])cc5)c4N)C=C3S(=O)(=O)O)cc2)cc1. The topological polar surface area (TPSA) is 295 Å². The second kappa shape index (κ2) is 15.6. The van der Waals surface area contributed by atoms with E-state index in [0.717, 1.165) is 39.6 Å². The van der Waals surface area contributed by atoms with Crippen LogP contribution in [0, 0.1) is 17.0 Å². The van der Waals surface area contributed by atoms with E-state index in [1.807, 2.05) is 37.3 Å². The number of nitro groups is 1. The number of non-ortho nitro benzene ring substituents is 1. The number of nitrogens with zero attached hydrogens (tertiary/aromatic N) is 6. The molecule has 7 N–H and O–H groups in total. The number of nitro benzene ring substituents is 1. The number of nitrogens with one attached hydrogen (secondary N) is 1. The molecule has 0 radical (unpaired) electrons. The molecule has 5 aromatic rings. The standard InChI is InChI=1S/C35H27N9O9S3/c1-19-16-21(36)2-15-28(19)41-38-23-5-11-26(12-6-23)54-27-13-7-24(8-14-27)40-43-34-30(56(51,52)53)18-20-17-29(55(48,49)50)33(32(37)31(20)35(34)45)42-39-22-3-9-25(10-4-22)44(46)47/h2-18,40H,36-37H2,1H3,(H,48,49,50)(H,51,52,53). The number of ketones is 1. The van der Waals surface area contributed by atoms with Crippen LogP contribution in [0.3, 0.4) is 0 Å². The van der Waals surface area contributed by atoms with Gasteiger partial charge in [-0.3, -0.25) is 29.4 Å². The number of carbonyl (C=O) groups is 1. The van der Waals surface area contributed by atoms with E-state index in [4.69, 9.17) is 11.5 Å². The lowest BCUT2D eigenvalue weighted by molar-refractivity contribution is -0.384. The Balaban J connectivity index is 1.24. The molecule has 21 heteroatoms. The molecule has 18 nitrogen and oxygen atoms in total. The van der Waals surface area contributed by atoms with Crippen LogP contribution in [-0.2, 0) is 20.2 Å². The number of allylic oxidation sites excluding steroid dienone is 1. The molecule has 0 aliphatic heterocycles. The molecular formula is C35H27N9O9S3. The van der Waals surface area contributed by atoms with E-state index in [0.29, 0.717) is 22.7 Å². The van der Waals surface area contributed by atoms with E-state index in [1.54, 1.807) is 36.4 Å². The highest BCUT2D eigenvalue weighted by Crippen LogP contribution is 2.41. The number of nitrogens with two attached hydrogens (primary N) is 2. The number of nitrogen functional groups attached to an aromatic ring is 2.